The van der Waals surface area contributed by atoms with Crippen molar-refractivity contribution in [3.05, 3.63) is 41.5 Å². The van der Waals surface area contributed by atoms with E-state index in [1.807, 2.05) is 0 Å². The highest BCUT2D eigenvalue weighted by molar-refractivity contribution is 6.11. The number of rotatable bonds is 3. The van der Waals surface area contributed by atoms with E-state index in [0.29, 0.717) is 5.75 Å². The van der Waals surface area contributed by atoms with Gasteiger partial charge in [0, 0.05) is 5.56 Å². The molecule has 0 saturated carbocycles. The Morgan fingerprint density at radius 3 is 2.10 bits per heavy atom. The largest absolute Gasteiger partial charge is 0.507 e. The van der Waals surface area contributed by atoms with Gasteiger partial charge in [0.2, 0.25) is 0 Å². The number of carbonyl (C=O) groups excluding carboxylic acids is 1. The molecule has 20 heavy (non-hydrogen) atoms. The van der Waals surface area contributed by atoms with Crippen LogP contribution in [0.15, 0.2) is 30.3 Å². The standard InChI is InChI=1S/C14H12O6/c1-20-8-2-3-10(15)9(6-8)13(18)7-4-11(16)14(19)12(17)5-7/h2-6,15-17,19H,1H3. The summed E-state index contributed by atoms with van der Waals surface area (Å²) in [6.07, 6.45) is 0. The molecule has 0 spiro atoms. The van der Waals surface area contributed by atoms with Crippen molar-refractivity contribution < 1.29 is 30.0 Å². The Bertz CT molecular complexity index is 654. The van der Waals surface area contributed by atoms with Crippen molar-refractivity contribution in [2.45, 2.75) is 0 Å². The highest BCUT2D eigenvalue weighted by Gasteiger charge is 2.18. The Kier molecular flexibility index (Phi) is 3.39. The van der Waals surface area contributed by atoms with Gasteiger partial charge in [0.05, 0.1) is 12.7 Å². The van der Waals surface area contributed by atoms with Gasteiger partial charge in [-0.15, -0.1) is 0 Å². The average molecular weight is 276 g/mol. The fraction of sp³-hybridized carbons (Fsp3) is 0.0714. The first-order valence-corrected chi connectivity index (χ1v) is 5.60. The van der Waals surface area contributed by atoms with Crippen molar-refractivity contribution in [3.63, 3.8) is 0 Å². The van der Waals surface area contributed by atoms with Crippen LogP contribution in [-0.4, -0.2) is 33.3 Å². The zero-order valence-electron chi connectivity index (χ0n) is 10.5. The second-order valence-corrected chi connectivity index (χ2v) is 4.08. The molecule has 2 rings (SSSR count). The molecule has 0 atom stereocenters. The molecule has 2 aromatic carbocycles. The predicted molar refractivity (Wildman–Crippen MR) is 69.5 cm³/mol. The van der Waals surface area contributed by atoms with Crippen LogP contribution in [-0.2, 0) is 0 Å². The third-order valence-electron chi connectivity index (χ3n) is 2.78. The molecule has 2 aromatic rings. The lowest BCUT2D eigenvalue weighted by Crippen LogP contribution is -2.02. The van der Waals surface area contributed by atoms with Gasteiger partial charge in [-0.05, 0) is 30.3 Å². The van der Waals surface area contributed by atoms with Crippen LogP contribution in [0.3, 0.4) is 0 Å². The first-order chi connectivity index (χ1) is 9.43. The summed E-state index contributed by atoms with van der Waals surface area (Å²) in [5.41, 5.74) is -0.129. The van der Waals surface area contributed by atoms with Crippen LogP contribution in [0.1, 0.15) is 15.9 Å². The molecule has 0 aliphatic rings. The highest BCUT2D eigenvalue weighted by atomic mass is 16.5. The summed E-state index contributed by atoms with van der Waals surface area (Å²) in [4.78, 5) is 12.2. The molecule has 6 heteroatoms. The van der Waals surface area contributed by atoms with E-state index in [1.165, 1.54) is 25.3 Å². The van der Waals surface area contributed by atoms with E-state index in [1.54, 1.807) is 0 Å². The van der Waals surface area contributed by atoms with Crippen LogP contribution < -0.4 is 4.74 Å². The molecule has 0 fully saturated rings. The van der Waals surface area contributed by atoms with Crippen LogP contribution >= 0.6 is 0 Å². The molecule has 0 aliphatic heterocycles. The van der Waals surface area contributed by atoms with Crippen molar-refractivity contribution in [2.24, 2.45) is 0 Å². The lowest BCUT2D eigenvalue weighted by molar-refractivity contribution is 0.103. The Hall–Kier alpha value is -2.89. The van der Waals surface area contributed by atoms with Crippen LogP contribution in [0, 0.1) is 0 Å². The number of hydrogen-bond donors (Lipinski definition) is 4. The van der Waals surface area contributed by atoms with Gasteiger partial charge in [0.15, 0.2) is 23.0 Å². The molecule has 0 bridgehead atoms. The molecular weight excluding hydrogens is 264 g/mol. The number of benzene rings is 2. The van der Waals surface area contributed by atoms with Crippen LogP contribution in [0.2, 0.25) is 0 Å². The summed E-state index contributed by atoms with van der Waals surface area (Å²) >= 11 is 0. The number of phenolic OH excluding ortho intramolecular Hbond substituents is 4. The Morgan fingerprint density at radius 1 is 0.950 bits per heavy atom. The van der Waals surface area contributed by atoms with Crippen molar-refractivity contribution in [1.82, 2.24) is 0 Å². The number of ether oxygens (including phenoxy) is 1. The first-order valence-electron chi connectivity index (χ1n) is 5.60. The fourth-order valence-corrected chi connectivity index (χ4v) is 1.71. The monoisotopic (exact) mass is 276 g/mol. The molecule has 0 unspecified atom stereocenters. The second-order valence-electron chi connectivity index (χ2n) is 4.08. The maximum Gasteiger partial charge on any atom is 0.200 e. The lowest BCUT2D eigenvalue weighted by atomic mass is 10.0. The fourth-order valence-electron chi connectivity index (χ4n) is 1.71. The van der Waals surface area contributed by atoms with E-state index in [0.717, 1.165) is 12.1 Å². The van der Waals surface area contributed by atoms with Crippen LogP contribution in [0.4, 0.5) is 0 Å². The number of carbonyl (C=O) groups is 1. The van der Waals surface area contributed by atoms with E-state index in [4.69, 9.17) is 4.74 Å². The van der Waals surface area contributed by atoms with Gasteiger partial charge in [-0.25, -0.2) is 0 Å². The van der Waals surface area contributed by atoms with E-state index in [-0.39, 0.29) is 16.9 Å². The number of hydrogen-bond acceptors (Lipinski definition) is 6. The summed E-state index contributed by atoms with van der Waals surface area (Å²) in [6.45, 7) is 0. The molecular formula is C14H12O6. The number of aromatic hydroxyl groups is 4. The minimum Gasteiger partial charge on any atom is -0.507 e. The van der Waals surface area contributed by atoms with Crippen molar-refractivity contribution >= 4 is 5.78 Å². The maximum atomic E-state index is 12.2. The average Bonchev–Trinajstić information content (AvgIpc) is 2.44. The molecule has 0 saturated heterocycles. The molecule has 104 valence electrons. The highest BCUT2D eigenvalue weighted by Crippen LogP contribution is 2.36. The summed E-state index contributed by atoms with van der Waals surface area (Å²) in [6, 6.07) is 6.11. The maximum absolute atomic E-state index is 12.2. The minimum absolute atomic E-state index is 0.0474. The normalized spacial score (nSPS) is 10.2. The van der Waals surface area contributed by atoms with Gasteiger partial charge < -0.3 is 25.2 Å². The van der Waals surface area contributed by atoms with E-state index in [2.05, 4.69) is 0 Å². The summed E-state index contributed by atoms with van der Waals surface area (Å²) in [7, 11) is 1.42. The summed E-state index contributed by atoms with van der Waals surface area (Å²) < 4.78 is 4.96. The van der Waals surface area contributed by atoms with Gasteiger partial charge in [-0.1, -0.05) is 0 Å². The van der Waals surface area contributed by atoms with Crippen molar-refractivity contribution in [1.29, 1.82) is 0 Å². The summed E-state index contributed by atoms with van der Waals surface area (Å²) in [5.74, 6) is -2.49. The van der Waals surface area contributed by atoms with Crippen LogP contribution in [0.5, 0.6) is 28.7 Å². The smallest absolute Gasteiger partial charge is 0.200 e. The van der Waals surface area contributed by atoms with Crippen molar-refractivity contribution in [2.75, 3.05) is 7.11 Å². The minimum atomic E-state index is -0.712. The quantitative estimate of drug-likeness (QED) is 0.502. The van der Waals surface area contributed by atoms with Gasteiger partial charge in [-0.3, -0.25) is 4.79 Å². The Labute approximate surface area is 114 Å². The number of phenols is 4. The van der Waals surface area contributed by atoms with Gasteiger partial charge in [-0.2, -0.15) is 0 Å². The lowest BCUT2D eigenvalue weighted by Gasteiger charge is -2.08. The van der Waals surface area contributed by atoms with E-state index >= 15 is 0 Å². The molecule has 0 amide bonds. The third-order valence-corrected chi connectivity index (χ3v) is 2.78. The molecule has 0 aromatic heterocycles. The molecule has 4 N–H and O–H groups in total. The second kappa shape index (κ2) is 5.00. The van der Waals surface area contributed by atoms with Gasteiger partial charge in [0.25, 0.3) is 0 Å². The number of ketones is 1. The predicted octanol–water partition coefficient (Wildman–Crippen LogP) is 1.75. The van der Waals surface area contributed by atoms with Crippen LogP contribution in [0.25, 0.3) is 0 Å². The zero-order chi connectivity index (χ0) is 14.9. The first kappa shape index (κ1) is 13.5. The molecule has 6 nitrogen and oxygen atoms in total. The molecule has 0 aliphatic carbocycles. The zero-order valence-corrected chi connectivity index (χ0v) is 10.5. The SMILES string of the molecule is COc1ccc(O)c(C(=O)c2cc(O)c(O)c(O)c2)c1. The Morgan fingerprint density at radius 2 is 1.55 bits per heavy atom. The van der Waals surface area contributed by atoms with Gasteiger partial charge >= 0.3 is 0 Å². The van der Waals surface area contributed by atoms with Crippen molar-refractivity contribution in [3.8, 4) is 28.7 Å². The molecule has 0 radical (unpaired) electrons. The number of methoxy groups -OCH3 is 1. The van der Waals surface area contributed by atoms with E-state index < -0.39 is 23.0 Å². The Balaban J connectivity index is 2.51. The van der Waals surface area contributed by atoms with Gasteiger partial charge in [0.1, 0.15) is 11.5 Å². The van der Waals surface area contributed by atoms with E-state index in [9.17, 15) is 25.2 Å². The summed E-state index contributed by atoms with van der Waals surface area (Å²) in [5, 5.41) is 37.7. The third kappa shape index (κ3) is 2.31. The topological polar surface area (TPSA) is 107 Å². The molecule has 0 heterocycles.